The molecule has 0 fully saturated rings. The normalized spacial score (nSPS) is 12.4. The highest BCUT2D eigenvalue weighted by molar-refractivity contribution is 5.85. The molecule has 0 saturated carbocycles. The van der Waals surface area contributed by atoms with E-state index in [1.165, 1.54) is 5.56 Å². The molecule has 1 heterocycles. The number of rotatable bonds is 5. The van der Waals surface area contributed by atoms with Crippen LogP contribution >= 0.6 is 12.4 Å². The van der Waals surface area contributed by atoms with Gasteiger partial charge in [-0.15, -0.1) is 12.4 Å². The molecule has 2 aromatic rings. The summed E-state index contributed by atoms with van der Waals surface area (Å²) in [5.41, 5.74) is 2.29. The third-order valence-electron chi connectivity index (χ3n) is 2.64. The van der Waals surface area contributed by atoms with E-state index in [2.05, 4.69) is 33.7 Å². The first-order valence-electron chi connectivity index (χ1n) is 5.53. The summed E-state index contributed by atoms with van der Waals surface area (Å²) in [5, 5.41) is 20.3. The van der Waals surface area contributed by atoms with E-state index in [1.54, 1.807) is 0 Å². The van der Waals surface area contributed by atoms with Crippen LogP contribution in [0, 0.1) is 5.92 Å². The van der Waals surface area contributed by atoms with Crippen molar-refractivity contribution in [2.75, 3.05) is 13.2 Å². The summed E-state index contributed by atoms with van der Waals surface area (Å²) in [4.78, 5) is 0. The minimum atomic E-state index is 0. The Kier molecular flexibility index (Phi) is 5.41. The van der Waals surface area contributed by atoms with Gasteiger partial charge in [0.15, 0.2) is 0 Å². The molecule has 17 heavy (non-hydrogen) atoms. The minimum Gasteiger partial charge on any atom is -0.396 e. The van der Waals surface area contributed by atoms with Crippen LogP contribution in [0.5, 0.6) is 0 Å². The van der Waals surface area contributed by atoms with E-state index >= 15 is 0 Å². The van der Waals surface area contributed by atoms with Crippen LogP contribution < -0.4 is 5.32 Å². The lowest BCUT2D eigenvalue weighted by Crippen LogP contribution is -2.22. The molecule has 0 aliphatic carbocycles. The van der Waals surface area contributed by atoms with E-state index < -0.39 is 0 Å². The summed E-state index contributed by atoms with van der Waals surface area (Å²) < 4.78 is 0. The maximum Gasteiger partial charge on any atom is 0.0653 e. The average molecular weight is 256 g/mol. The lowest BCUT2D eigenvalue weighted by Gasteiger charge is -2.09. The van der Waals surface area contributed by atoms with Gasteiger partial charge in [0.2, 0.25) is 0 Å². The van der Waals surface area contributed by atoms with Crippen molar-refractivity contribution in [2.24, 2.45) is 5.92 Å². The minimum absolute atomic E-state index is 0. The summed E-state index contributed by atoms with van der Waals surface area (Å²) >= 11 is 0. The summed E-state index contributed by atoms with van der Waals surface area (Å²) in [7, 11) is 0. The number of nitrogens with zero attached hydrogens (tertiary/aromatic N) is 1. The third kappa shape index (κ3) is 3.70. The molecule has 2 rings (SSSR count). The number of H-pyrrole nitrogens is 1. The second-order valence-corrected chi connectivity index (χ2v) is 4.21. The van der Waals surface area contributed by atoms with Gasteiger partial charge in [-0.05, 0) is 17.5 Å². The fourth-order valence-corrected chi connectivity index (χ4v) is 1.62. The number of halogens is 1. The van der Waals surface area contributed by atoms with Gasteiger partial charge in [-0.3, -0.25) is 5.10 Å². The highest BCUT2D eigenvalue weighted by atomic mass is 35.5. The molecule has 94 valence electrons. The van der Waals surface area contributed by atoms with Crippen molar-refractivity contribution in [2.45, 2.75) is 13.5 Å². The number of aliphatic hydroxyl groups excluding tert-OH is 1. The maximum absolute atomic E-state index is 8.89. The van der Waals surface area contributed by atoms with Crippen LogP contribution in [0.4, 0.5) is 0 Å². The number of aromatic amines is 1. The predicted molar refractivity (Wildman–Crippen MR) is 71.3 cm³/mol. The average Bonchev–Trinajstić information content (AvgIpc) is 2.76. The van der Waals surface area contributed by atoms with Crippen LogP contribution in [0.1, 0.15) is 12.5 Å². The number of nitrogens with one attached hydrogen (secondary N) is 2. The van der Waals surface area contributed by atoms with Gasteiger partial charge in [-0.1, -0.05) is 19.1 Å². The van der Waals surface area contributed by atoms with Gasteiger partial charge in [0.25, 0.3) is 0 Å². The van der Waals surface area contributed by atoms with Gasteiger partial charge < -0.3 is 10.4 Å². The zero-order valence-electron chi connectivity index (χ0n) is 9.81. The van der Waals surface area contributed by atoms with Crippen LogP contribution in [-0.4, -0.2) is 28.5 Å². The van der Waals surface area contributed by atoms with Crippen molar-refractivity contribution in [3.05, 3.63) is 30.0 Å². The van der Waals surface area contributed by atoms with Crippen molar-refractivity contribution in [1.82, 2.24) is 15.5 Å². The first-order valence-corrected chi connectivity index (χ1v) is 5.53. The van der Waals surface area contributed by atoms with Crippen molar-refractivity contribution in [3.63, 3.8) is 0 Å². The molecule has 0 radical (unpaired) electrons. The molecule has 1 aromatic heterocycles. The molecule has 3 N–H and O–H groups in total. The van der Waals surface area contributed by atoms with Crippen molar-refractivity contribution in [3.8, 4) is 0 Å². The lowest BCUT2D eigenvalue weighted by molar-refractivity contribution is 0.233. The molecule has 1 unspecified atom stereocenters. The zero-order chi connectivity index (χ0) is 11.4. The van der Waals surface area contributed by atoms with Gasteiger partial charge in [-0.25, -0.2) is 0 Å². The largest absolute Gasteiger partial charge is 0.396 e. The second-order valence-electron chi connectivity index (χ2n) is 4.21. The lowest BCUT2D eigenvalue weighted by atomic mass is 10.1. The van der Waals surface area contributed by atoms with Gasteiger partial charge in [0.1, 0.15) is 0 Å². The predicted octanol–water partition coefficient (Wildman–Crippen LogP) is 1.70. The highest BCUT2D eigenvalue weighted by Gasteiger charge is 2.00. The van der Waals surface area contributed by atoms with Gasteiger partial charge in [0, 0.05) is 25.1 Å². The van der Waals surface area contributed by atoms with Crippen LogP contribution in [0.3, 0.4) is 0 Å². The summed E-state index contributed by atoms with van der Waals surface area (Å²) in [6.45, 7) is 3.90. The van der Waals surface area contributed by atoms with E-state index in [4.69, 9.17) is 5.11 Å². The first kappa shape index (κ1) is 14.0. The Labute approximate surface area is 107 Å². The molecule has 1 atom stereocenters. The molecule has 1 aromatic carbocycles. The summed E-state index contributed by atoms with van der Waals surface area (Å²) in [5.74, 6) is 0.302. The molecule has 4 nitrogen and oxygen atoms in total. The molecule has 0 amide bonds. The zero-order valence-corrected chi connectivity index (χ0v) is 10.6. The second kappa shape index (κ2) is 6.59. The third-order valence-corrected chi connectivity index (χ3v) is 2.64. The van der Waals surface area contributed by atoms with E-state index in [9.17, 15) is 0 Å². The highest BCUT2D eigenvalue weighted by Crippen LogP contribution is 2.12. The van der Waals surface area contributed by atoms with Crippen LogP contribution in [0.15, 0.2) is 24.4 Å². The molecule has 0 aliphatic rings. The molecule has 5 heteroatoms. The Morgan fingerprint density at radius 2 is 2.29 bits per heavy atom. The topological polar surface area (TPSA) is 60.9 Å². The fraction of sp³-hybridized carbons (Fsp3) is 0.417. The van der Waals surface area contributed by atoms with Gasteiger partial charge in [0.05, 0.1) is 11.7 Å². The van der Waals surface area contributed by atoms with Gasteiger partial charge >= 0.3 is 0 Å². The number of aromatic nitrogens is 2. The number of hydrogen-bond donors (Lipinski definition) is 3. The Balaban J connectivity index is 0.00000144. The van der Waals surface area contributed by atoms with Crippen LogP contribution in [-0.2, 0) is 6.54 Å². The number of benzene rings is 1. The quantitative estimate of drug-likeness (QED) is 0.762. The number of hydrogen-bond acceptors (Lipinski definition) is 3. The maximum atomic E-state index is 8.89. The van der Waals surface area contributed by atoms with E-state index in [-0.39, 0.29) is 19.0 Å². The summed E-state index contributed by atoms with van der Waals surface area (Å²) in [6, 6.07) is 6.25. The SMILES string of the molecule is CC(CO)CNCc1ccc2cn[nH]c2c1.Cl. The molecule has 0 aliphatic heterocycles. The molecule has 0 bridgehead atoms. The van der Waals surface area contributed by atoms with Crippen molar-refractivity contribution >= 4 is 23.3 Å². The Morgan fingerprint density at radius 1 is 1.47 bits per heavy atom. The standard InChI is InChI=1S/C12H17N3O.ClH/c1-9(8-16)5-13-6-10-2-3-11-7-14-15-12(11)4-10;/h2-4,7,9,13,16H,5-6,8H2,1H3,(H,14,15);1H. The van der Waals surface area contributed by atoms with E-state index in [1.807, 2.05) is 13.1 Å². The molecular weight excluding hydrogens is 238 g/mol. The Hall–Kier alpha value is -1.10. The first-order chi connectivity index (χ1) is 7.79. The molecular formula is C12H18ClN3O. The smallest absolute Gasteiger partial charge is 0.0653 e. The van der Waals surface area contributed by atoms with Crippen LogP contribution in [0.25, 0.3) is 10.9 Å². The summed E-state index contributed by atoms with van der Waals surface area (Å²) in [6.07, 6.45) is 1.82. The van der Waals surface area contributed by atoms with Gasteiger partial charge in [-0.2, -0.15) is 5.10 Å². The monoisotopic (exact) mass is 255 g/mol. The molecule has 0 saturated heterocycles. The number of aliphatic hydroxyl groups is 1. The molecule has 0 spiro atoms. The van der Waals surface area contributed by atoms with Crippen molar-refractivity contribution in [1.29, 1.82) is 0 Å². The number of fused-ring (bicyclic) bond motifs is 1. The Bertz CT molecular complexity index is 458. The van der Waals surface area contributed by atoms with E-state index in [0.29, 0.717) is 5.92 Å². The van der Waals surface area contributed by atoms with Crippen LogP contribution in [0.2, 0.25) is 0 Å². The van der Waals surface area contributed by atoms with E-state index in [0.717, 1.165) is 24.0 Å². The fourth-order valence-electron chi connectivity index (χ4n) is 1.62. The van der Waals surface area contributed by atoms with Crippen molar-refractivity contribution < 1.29 is 5.11 Å². The Morgan fingerprint density at radius 3 is 3.06 bits per heavy atom.